The molecule has 22 heavy (non-hydrogen) atoms. The number of hydrogen-bond donors (Lipinski definition) is 1. The smallest absolute Gasteiger partial charge is 0.379 e. The Bertz CT molecular complexity index is 365. The van der Waals surface area contributed by atoms with Gasteiger partial charge in [0.15, 0.2) is 0 Å². The third-order valence-corrected chi connectivity index (χ3v) is 5.59. The molecule has 6 heteroatoms. The van der Waals surface area contributed by atoms with Gasteiger partial charge in [-0.3, -0.25) is 4.90 Å². The highest BCUT2D eigenvalue weighted by Gasteiger charge is 2.63. The lowest BCUT2D eigenvalue weighted by Crippen LogP contribution is -2.51. The molecule has 0 amide bonds. The number of hydrogen-bond acceptors (Lipinski definition) is 3. The summed E-state index contributed by atoms with van der Waals surface area (Å²) < 4.78 is 44.4. The zero-order valence-electron chi connectivity index (χ0n) is 13.1. The van der Waals surface area contributed by atoms with Gasteiger partial charge >= 0.3 is 6.18 Å². The highest BCUT2D eigenvalue weighted by molar-refractivity contribution is 4.99. The Balaban J connectivity index is 1.49. The Morgan fingerprint density at radius 1 is 1.09 bits per heavy atom. The molecule has 3 nitrogen and oxygen atoms in total. The Labute approximate surface area is 130 Å². The first kappa shape index (κ1) is 16.5. The van der Waals surface area contributed by atoms with Crippen LogP contribution in [0.15, 0.2) is 0 Å². The van der Waals surface area contributed by atoms with Crippen molar-refractivity contribution in [3.63, 3.8) is 0 Å². The lowest BCUT2D eigenvalue weighted by molar-refractivity contribution is -0.203. The molecule has 2 saturated heterocycles. The molecule has 1 aliphatic carbocycles. The van der Waals surface area contributed by atoms with Crippen LogP contribution in [0.5, 0.6) is 0 Å². The second-order valence-electron chi connectivity index (χ2n) is 7.16. The fraction of sp³-hybridized carbons (Fsp3) is 1.00. The summed E-state index contributed by atoms with van der Waals surface area (Å²) >= 11 is 0. The molecule has 1 atom stereocenters. The maximum Gasteiger partial charge on any atom is 0.396 e. The van der Waals surface area contributed by atoms with E-state index < -0.39 is 11.6 Å². The molecule has 1 saturated carbocycles. The largest absolute Gasteiger partial charge is 0.396 e. The van der Waals surface area contributed by atoms with Crippen molar-refractivity contribution in [1.82, 2.24) is 10.2 Å². The molecule has 3 rings (SSSR count). The summed E-state index contributed by atoms with van der Waals surface area (Å²) in [5.74, 6) is 0. The zero-order chi connectivity index (χ0) is 15.6. The Morgan fingerprint density at radius 3 is 2.45 bits per heavy atom. The summed E-state index contributed by atoms with van der Waals surface area (Å²) in [5.41, 5.74) is -1.53. The number of nitrogens with one attached hydrogen (secondary N) is 1. The van der Waals surface area contributed by atoms with E-state index in [0.717, 1.165) is 38.9 Å². The van der Waals surface area contributed by atoms with E-state index >= 15 is 0 Å². The van der Waals surface area contributed by atoms with Crippen LogP contribution >= 0.6 is 0 Å². The molecule has 0 spiro atoms. The van der Waals surface area contributed by atoms with E-state index in [4.69, 9.17) is 4.74 Å². The van der Waals surface area contributed by atoms with Gasteiger partial charge in [-0.1, -0.05) is 6.42 Å². The second-order valence-corrected chi connectivity index (χ2v) is 7.16. The lowest BCUT2D eigenvalue weighted by atomic mass is 9.96. The molecule has 1 unspecified atom stereocenters. The van der Waals surface area contributed by atoms with E-state index in [1.807, 2.05) is 0 Å². The first-order valence-electron chi connectivity index (χ1n) is 8.63. The summed E-state index contributed by atoms with van der Waals surface area (Å²) in [7, 11) is 0. The number of alkyl halides is 3. The van der Waals surface area contributed by atoms with Crippen LogP contribution in [0.4, 0.5) is 13.2 Å². The van der Waals surface area contributed by atoms with E-state index in [-0.39, 0.29) is 19.4 Å². The molecule has 2 heterocycles. The number of nitrogens with zero attached hydrogens (tertiary/aromatic N) is 1. The van der Waals surface area contributed by atoms with Gasteiger partial charge in [-0.2, -0.15) is 13.2 Å². The van der Waals surface area contributed by atoms with Gasteiger partial charge in [0.05, 0.1) is 18.6 Å². The molecule has 0 aromatic heterocycles. The summed E-state index contributed by atoms with van der Waals surface area (Å²) in [4.78, 5) is 2.51. The molecule has 1 N–H and O–H groups in total. The first-order chi connectivity index (χ1) is 10.5. The SMILES string of the molecule is FC(F)(F)C1(COCC2CCCCN2C2CCNCC2)CC1. The van der Waals surface area contributed by atoms with Gasteiger partial charge in [0.2, 0.25) is 0 Å². The zero-order valence-corrected chi connectivity index (χ0v) is 13.1. The van der Waals surface area contributed by atoms with Crippen LogP contribution in [0.3, 0.4) is 0 Å². The minimum atomic E-state index is -4.10. The van der Waals surface area contributed by atoms with E-state index in [0.29, 0.717) is 18.7 Å². The maximum absolute atomic E-state index is 12.9. The minimum absolute atomic E-state index is 0.146. The molecule has 0 bridgehead atoms. The average Bonchev–Trinajstić information content (AvgIpc) is 3.30. The standard InChI is InChI=1S/C16H27F3N2O/c17-16(18,19)15(6-7-15)12-22-11-14-3-1-2-10-21(14)13-4-8-20-9-5-13/h13-14,20H,1-12H2. The third-order valence-electron chi connectivity index (χ3n) is 5.59. The van der Waals surface area contributed by atoms with Crippen molar-refractivity contribution < 1.29 is 17.9 Å². The maximum atomic E-state index is 12.9. The van der Waals surface area contributed by atoms with E-state index in [2.05, 4.69) is 10.2 Å². The molecule has 2 aliphatic heterocycles. The fourth-order valence-electron chi connectivity index (χ4n) is 3.87. The van der Waals surface area contributed by atoms with Gasteiger partial charge in [0.1, 0.15) is 0 Å². The number of rotatable bonds is 5. The van der Waals surface area contributed by atoms with Crippen molar-refractivity contribution in [3.8, 4) is 0 Å². The second kappa shape index (κ2) is 6.65. The molecule has 3 fully saturated rings. The molecule has 0 aromatic rings. The van der Waals surface area contributed by atoms with Gasteiger partial charge in [-0.15, -0.1) is 0 Å². The number of halogens is 3. The van der Waals surface area contributed by atoms with Crippen molar-refractivity contribution >= 4 is 0 Å². The first-order valence-corrected chi connectivity index (χ1v) is 8.63. The molecular formula is C16H27F3N2O. The molecule has 128 valence electrons. The third kappa shape index (κ3) is 3.60. The van der Waals surface area contributed by atoms with E-state index in [1.54, 1.807) is 0 Å². The predicted octanol–water partition coefficient (Wildman–Crippen LogP) is 2.95. The summed E-state index contributed by atoms with van der Waals surface area (Å²) in [5, 5.41) is 3.37. The quantitative estimate of drug-likeness (QED) is 0.843. The number of piperidine rings is 2. The van der Waals surface area contributed by atoms with Crippen molar-refractivity contribution in [3.05, 3.63) is 0 Å². The highest BCUT2D eigenvalue weighted by Crippen LogP contribution is 2.57. The van der Waals surface area contributed by atoms with Crippen molar-refractivity contribution in [2.75, 3.05) is 32.8 Å². The monoisotopic (exact) mass is 320 g/mol. The average molecular weight is 320 g/mol. The Hall–Kier alpha value is -0.330. The molecular weight excluding hydrogens is 293 g/mol. The predicted molar refractivity (Wildman–Crippen MR) is 78.8 cm³/mol. The van der Waals surface area contributed by atoms with Crippen molar-refractivity contribution in [2.24, 2.45) is 5.41 Å². The number of ether oxygens (including phenoxy) is 1. The summed E-state index contributed by atoms with van der Waals surface area (Å²) in [6.07, 6.45) is 2.08. The van der Waals surface area contributed by atoms with E-state index in [9.17, 15) is 13.2 Å². The summed E-state index contributed by atoms with van der Waals surface area (Å²) in [6, 6.07) is 0.883. The molecule has 0 radical (unpaired) electrons. The highest BCUT2D eigenvalue weighted by atomic mass is 19.4. The van der Waals surface area contributed by atoms with Crippen LogP contribution in [0, 0.1) is 5.41 Å². The van der Waals surface area contributed by atoms with Crippen LogP contribution in [0.1, 0.15) is 44.9 Å². The van der Waals surface area contributed by atoms with E-state index in [1.165, 1.54) is 12.8 Å². The van der Waals surface area contributed by atoms with Crippen molar-refractivity contribution in [1.29, 1.82) is 0 Å². The van der Waals surface area contributed by atoms with Crippen LogP contribution < -0.4 is 5.32 Å². The Morgan fingerprint density at radius 2 is 1.82 bits per heavy atom. The van der Waals surface area contributed by atoms with Gasteiger partial charge < -0.3 is 10.1 Å². The number of likely N-dealkylation sites (tertiary alicyclic amines) is 1. The van der Waals surface area contributed by atoms with Crippen LogP contribution in [0.25, 0.3) is 0 Å². The van der Waals surface area contributed by atoms with Gasteiger partial charge in [-0.25, -0.2) is 0 Å². The van der Waals surface area contributed by atoms with Gasteiger partial charge in [0.25, 0.3) is 0 Å². The molecule has 0 aromatic carbocycles. The lowest BCUT2D eigenvalue weighted by Gasteiger charge is -2.43. The summed E-state index contributed by atoms with van der Waals surface area (Å²) in [6.45, 7) is 3.48. The normalized spacial score (nSPS) is 30.4. The van der Waals surface area contributed by atoms with Gasteiger partial charge in [0, 0.05) is 12.1 Å². The van der Waals surface area contributed by atoms with Crippen molar-refractivity contribution in [2.45, 2.75) is 63.2 Å². The minimum Gasteiger partial charge on any atom is -0.379 e. The topological polar surface area (TPSA) is 24.5 Å². The molecule has 3 aliphatic rings. The van der Waals surface area contributed by atoms with Crippen LogP contribution in [0.2, 0.25) is 0 Å². The fourth-order valence-corrected chi connectivity index (χ4v) is 3.87. The van der Waals surface area contributed by atoms with Crippen LogP contribution in [-0.4, -0.2) is 56.0 Å². The Kier molecular flexibility index (Phi) is 5.00. The van der Waals surface area contributed by atoms with Gasteiger partial charge in [-0.05, 0) is 58.2 Å². The van der Waals surface area contributed by atoms with Crippen LogP contribution in [-0.2, 0) is 4.74 Å².